The zero-order valence-electron chi connectivity index (χ0n) is 8.07. The SMILES string of the molecule is C[C-](C)C.[C-]1=CC=CC1.[Cl-].[Cl-].[Cl-].[Ti+3]. The summed E-state index contributed by atoms with van der Waals surface area (Å²) < 4.78 is 0. The summed E-state index contributed by atoms with van der Waals surface area (Å²) in [5.74, 6) is 1.42. The largest absolute Gasteiger partial charge is 3.00 e. The summed E-state index contributed by atoms with van der Waals surface area (Å²) in [6, 6.07) is 0. The Balaban J connectivity index is -0.0000000256. The fraction of sp³-hybridized carbons (Fsp3) is 0.444. The monoisotopic (exact) mass is 275 g/mol. The Bertz CT molecular complexity index is 98.7. The zero-order chi connectivity index (χ0) is 7.11. The van der Waals surface area contributed by atoms with Crippen LogP contribution in [-0.2, 0) is 21.7 Å². The maximum Gasteiger partial charge on any atom is 3.00 e. The molecule has 0 N–H and O–H groups in total. The molecule has 4 heteroatoms. The van der Waals surface area contributed by atoms with Crippen LogP contribution in [0.15, 0.2) is 18.2 Å². The van der Waals surface area contributed by atoms with Crippen molar-refractivity contribution >= 4 is 0 Å². The van der Waals surface area contributed by atoms with Crippen LogP contribution in [0.2, 0.25) is 0 Å². The Hall–Kier alpha value is 1.06. The molecule has 0 aliphatic heterocycles. The van der Waals surface area contributed by atoms with E-state index in [1.54, 1.807) is 0 Å². The third-order valence-electron chi connectivity index (χ3n) is 0.586. The molecule has 0 aromatic rings. The molecule has 0 amide bonds. The third kappa shape index (κ3) is 43.5. The van der Waals surface area contributed by atoms with E-state index >= 15 is 0 Å². The van der Waals surface area contributed by atoms with Crippen molar-refractivity contribution < 1.29 is 58.9 Å². The second-order valence-electron chi connectivity index (χ2n) is 2.50. The molecule has 0 spiro atoms. The number of rotatable bonds is 0. The zero-order valence-corrected chi connectivity index (χ0v) is 11.9. The van der Waals surface area contributed by atoms with Crippen molar-refractivity contribution in [1.29, 1.82) is 0 Å². The minimum Gasteiger partial charge on any atom is -1.00 e. The molecule has 0 nitrogen and oxygen atoms in total. The Labute approximate surface area is 116 Å². The van der Waals surface area contributed by atoms with Crippen molar-refractivity contribution in [3.05, 3.63) is 30.2 Å². The Morgan fingerprint density at radius 2 is 1.46 bits per heavy atom. The van der Waals surface area contributed by atoms with E-state index in [4.69, 9.17) is 0 Å². The predicted octanol–water partition coefficient (Wildman–Crippen LogP) is -6.06. The van der Waals surface area contributed by atoms with Crippen LogP contribution >= 0.6 is 0 Å². The normalized spacial score (nSPS) is 9.54. The molecule has 1 aliphatic rings. The Kier molecular flexibility index (Phi) is 52.0. The van der Waals surface area contributed by atoms with Crippen LogP contribution in [-0.4, -0.2) is 0 Å². The van der Waals surface area contributed by atoms with Crippen molar-refractivity contribution in [2.75, 3.05) is 0 Å². The van der Waals surface area contributed by atoms with Gasteiger partial charge >= 0.3 is 21.7 Å². The number of hydrogen-bond donors (Lipinski definition) is 0. The standard InChI is InChI=1S/C5H5.C4H9.3ClH.Ti/c1-2-4-5-3-1;1-4(2)3;;;;/h1-3H,4H2;1-3H3;3*1H;/q2*-1;;;;+3/p-3. The Morgan fingerprint density at radius 3 is 1.54 bits per heavy atom. The van der Waals surface area contributed by atoms with Crippen molar-refractivity contribution in [2.24, 2.45) is 0 Å². The molecule has 0 saturated carbocycles. The van der Waals surface area contributed by atoms with E-state index in [0.717, 1.165) is 6.42 Å². The maximum atomic E-state index is 2.99. The second-order valence-corrected chi connectivity index (χ2v) is 2.50. The maximum absolute atomic E-state index is 2.99. The van der Waals surface area contributed by atoms with Gasteiger partial charge < -0.3 is 43.1 Å². The fourth-order valence-corrected chi connectivity index (χ4v) is 0.340. The van der Waals surface area contributed by atoms with E-state index in [1.807, 2.05) is 12.2 Å². The first-order chi connectivity index (χ1) is 4.23. The molecule has 0 fully saturated rings. The molecule has 77 valence electrons. The number of hydrogen-bond acceptors (Lipinski definition) is 0. The predicted molar refractivity (Wildman–Crippen MR) is 41.8 cm³/mol. The van der Waals surface area contributed by atoms with Gasteiger partial charge in [0.15, 0.2) is 0 Å². The minimum atomic E-state index is 0. The van der Waals surface area contributed by atoms with Crippen LogP contribution in [0.25, 0.3) is 0 Å². The van der Waals surface area contributed by atoms with Crippen molar-refractivity contribution in [2.45, 2.75) is 27.2 Å². The van der Waals surface area contributed by atoms with Crippen LogP contribution in [0.5, 0.6) is 0 Å². The van der Waals surface area contributed by atoms with Crippen molar-refractivity contribution in [3.8, 4) is 0 Å². The Morgan fingerprint density at radius 1 is 1.08 bits per heavy atom. The second kappa shape index (κ2) is 23.1. The van der Waals surface area contributed by atoms with E-state index < -0.39 is 0 Å². The van der Waals surface area contributed by atoms with Gasteiger partial charge in [-0.05, 0) is 0 Å². The molecular formula is C9H14Cl3Ti-2. The van der Waals surface area contributed by atoms with Gasteiger partial charge in [-0.2, -0.15) is 26.8 Å². The molecule has 0 heterocycles. The smallest absolute Gasteiger partial charge is 1.00 e. The van der Waals surface area contributed by atoms with E-state index in [1.165, 1.54) is 5.92 Å². The van der Waals surface area contributed by atoms with Gasteiger partial charge in [-0.25, -0.2) is 12.2 Å². The molecule has 0 bridgehead atoms. The summed E-state index contributed by atoms with van der Waals surface area (Å²) in [6.45, 7) is 6.25. The fourth-order valence-electron chi connectivity index (χ4n) is 0.340. The van der Waals surface area contributed by atoms with E-state index in [0.29, 0.717) is 0 Å². The summed E-state index contributed by atoms with van der Waals surface area (Å²) in [4.78, 5) is 0. The molecule has 1 rings (SSSR count). The molecule has 0 saturated heterocycles. The summed E-state index contributed by atoms with van der Waals surface area (Å²) in [5, 5.41) is 0. The quantitative estimate of drug-likeness (QED) is 0.305. The van der Waals surface area contributed by atoms with Crippen LogP contribution in [0.4, 0.5) is 0 Å². The van der Waals surface area contributed by atoms with Crippen LogP contribution in [0.3, 0.4) is 0 Å². The molecule has 0 aromatic heterocycles. The summed E-state index contributed by atoms with van der Waals surface area (Å²) >= 11 is 0. The third-order valence-corrected chi connectivity index (χ3v) is 0.586. The van der Waals surface area contributed by atoms with E-state index in [2.05, 4.69) is 32.9 Å². The first kappa shape index (κ1) is 29.2. The van der Waals surface area contributed by atoms with E-state index in [-0.39, 0.29) is 58.9 Å². The van der Waals surface area contributed by atoms with E-state index in [9.17, 15) is 0 Å². The van der Waals surface area contributed by atoms with Gasteiger partial charge in [0.1, 0.15) is 0 Å². The summed E-state index contributed by atoms with van der Waals surface area (Å²) in [5.41, 5.74) is 0. The topological polar surface area (TPSA) is 0 Å². The van der Waals surface area contributed by atoms with Gasteiger partial charge in [-0.3, -0.25) is 6.08 Å². The molecule has 13 heavy (non-hydrogen) atoms. The van der Waals surface area contributed by atoms with Gasteiger partial charge in [0.2, 0.25) is 0 Å². The number of allylic oxidation sites excluding steroid dienone is 4. The molecule has 1 aliphatic carbocycles. The molecule has 0 atom stereocenters. The molecular weight excluding hydrogens is 262 g/mol. The van der Waals surface area contributed by atoms with Crippen LogP contribution in [0.1, 0.15) is 27.2 Å². The van der Waals surface area contributed by atoms with Gasteiger partial charge in [-0.15, -0.1) is 6.42 Å². The molecule has 0 unspecified atom stereocenters. The van der Waals surface area contributed by atoms with Gasteiger partial charge in [-0.1, -0.05) is 0 Å². The molecule has 1 radical (unpaired) electrons. The first-order valence-electron chi connectivity index (χ1n) is 3.22. The van der Waals surface area contributed by atoms with Crippen LogP contribution < -0.4 is 37.2 Å². The average molecular weight is 276 g/mol. The average Bonchev–Trinajstić information content (AvgIpc) is 2.11. The summed E-state index contributed by atoms with van der Waals surface area (Å²) in [7, 11) is 0. The van der Waals surface area contributed by atoms with Gasteiger partial charge in [0.25, 0.3) is 0 Å². The van der Waals surface area contributed by atoms with Crippen molar-refractivity contribution in [1.82, 2.24) is 0 Å². The van der Waals surface area contributed by atoms with Gasteiger partial charge in [0, 0.05) is 0 Å². The van der Waals surface area contributed by atoms with Crippen LogP contribution in [0, 0.1) is 12.0 Å². The summed E-state index contributed by atoms with van der Waals surface area (Å²) in [6.07, 6.45) is 10.0. The first-order valence-corrected chi connectivity index (χ1v) is 3.22. The van der Waals surface area contributed by atoms with Crippen molar-refractivity contribution in [3.63, 3.8) is 0 Å². The minimum absolute atomic E-state index is 0. The number of halogens is 3. The van der Waals surface area contributed by atoms with Gasteiger partial charge in [0.05, 0.1) is 0 Å². The molecule has 0 aromatic carbocycles.